The van der Waals surface area contributed by atoms with Gasteiger partial charge in [0.15, 0.2) is 5.11 Å². The third kappa shape index (κ3) is 7.02. The molecule has 0 saturated carbocycles. The third-order valence-corrected chi connectivity index (χ3v) is 8.18. The molecule has 6 rings (SSSR count). The van der Waals surface area contributed by atoms with E-state index in [-0.39, 0.29) is 28.3 Å². The summed E-state index contributed by atoms with van der Waals surface area (Å²) in [6.07, 6.45) is -3.48. The average molecular weight is 678 g/mol. The number of rotatable bonds is 8. The number of nitrogens with one attached hydrogen (secondary N) is 2. The number of alkyl halides is 3. The van der Waals surface area contributed by atoms with Crippen LogP contribution in [0.1, 0.15) is 45.0 Å². The average Bonchev–Trinajstić information content (AvgIpc) is 3.31. The highest BCUT2D eigenvalue weighted by Gasteiger charge is 2.37. The van der Waals surface area contributed by atoms with E-state index in [1.807, 2.05) is 9.47 Å². The van der Waals surface area contributed by atoms with Crippen molar-refractivity contribution in [2.24, 2.45) is 5.73 Å². The van der Waals surface area contributed by atoms with E-state index in [2.05, 4.69) is 15.8 Å². The largest absolute Gasteiger partial charge is 0.472 e. The van der Waals surface area contributed by atoms with Gasteiger partial charge in [0, 0.05) is 35.8 Å². The number of benzene rings is 2. The zero-order valence-electron chi connectivity index (χ0n) is 24.2. The minimum Gasteiger partial charge on any atom is -0.472 e. The van der Waals surface area contributed by atoms with Gasteiger partial charge in [0.1, 0.15) is 23.8 Å². The molecule has 0 radical (unpaired) electrons. The summed E-state index contributed by atoms with van der Waals surface area (Å²) in [6, 6.07) is 10.0. The van der Waals surface area contributed by atoms with Crippen LogP contribution in [0.4, 0.5) is 17.6 Å². The van der Waals surface area contributed by atoms with Crippen LogP contribution in [0.15, 0.2) is 42.5 Å². The molecule has 1 fully saturated rings. The highest BCUT2D eigenvalue weighted by Crippen LogP contribution is 2.38. The molecular weight excluding hydrogens is 650 g/mol. The molecule has 0 aliphatic carbocycles. The van der Waals surface area contributed by atoms with E-state index in [0.717, 1.165) is 24.1 Å². The first-order valence-electron chi connectivity index (χ1n) is 14.3. The molecule has 0 bridgehead atoms. The smallest absolute Gasteiger partial charge is 0.421 e. The van der Waals surface area contributed by atoms with E-state index >= 15 is 0 Å². The number of ether oxygens (including phenoxy) is 2. The fourth-order valence-corrected chi connectivity index (χ4v) is 5.61. The van der Waals surface area contributed by atoms with Gasteiger partial charge >= 0.3 is 6.18 Å². The predicted molar refractivity (Wildman–Crippen MR) is 164 cm³/mol. The van der Waals surface area contributed by atoms with Gasteiger partial charge < -0.3 is 19.8 Å². The number of hydrogen-bond donors (Lipinski definition) is 3. The molecular formula is C30H28ClF4N7O3S. The summed E-state index contributed by atoms with van der Waals surface area (Å²) < 4.78 is 69.5. The molecule has 46 heavy (non-hydrogen) atoms. The van der Waals surface area contributed by atoms with Crippen molar-refractivity contribution in [1.82, 2.24) is 30.3 Å². The lowest BCUT2D eigenvalue weighted by Crippen LogP contribution is -2.44. The molecule has 1 unspecified atom stereocenters. The number of aromatic nitrogens is 3. The molecule has 2 aromatic heterocycles. The van der Waals surface area contributed by atoms with Gasteiger partial charge in [-0.2, -0.15) is 13.2 Å². The summed E-state index contributed by atoms with van der Waals surface area (Å²) in [7, 11) is 0. The Morgan fingerprint density at radius 3 is 2.67 bits per heavy atom. The summed E-state index contributed by atoms with van der Waals surface area (Å²) in [4.78, 5) is 23.7. The number of nitrogens with two attached hydrogens (primary N) is 1. The number of carbonyl (C=O) groups is 1. The SMILES string of the molecule is NC(=S)NNC(=O)c1ccc2c(c1)nc(CN1CCc3cc(C(F)(F)F)c(OCc4ccc(Cl)cc4F)nc3C1)n2CC1CCO1. The van der Waals surface area contributed by atoms with Crippen molar-refractivity contribution in [3.63, 3.8) is 0 Å². The van der Waals surface area contributed by atoms with Crippen LogP contribution in [0.3, 0.4) is 0 Å². The first-order valence-corrected chi connectivity index (χ1v) is 15.1. The molecule has 4 N–H and O–H groups in total. The van der Waals surface area contributed by atoms with Crippen LogP contribution in [0.2, 0.25) is 5.02 Å². The van der Waals surface area contributed by atoms with Gasteiger partial charge in [-0.15, -0.1) is 0 Å². The number of hydrazine groups is 1. The zero-order valence-corrected chi connectivity index (χ0v) is 25.7. The lowest BCUT2D eigenvalue weighted by Gasteiger charge is -2.30. The fraction of sp³-hybridized carbons (Fsp3) is 0.333. The van der Waals surface area contributed by atoms with Crippen molar-refractivity contribution in [2.75, 3.05) is 13.2 Å². The second kappa shape index (κ2) is 13.0. The van der Waals surface area contributed by atoms with Crippen LogP contribution < -0.4 is 21.3 Å². The van der Waals surface area contributed by atoms with Gasteiger partial charge in [-0.05, 0) is 67.0 Å². The van der Waals surface area contributed by atoms with Crippen LogP contribution >= 0.6 is 23.8 Å². The van der Waals surface area contributed by atoms with Crippen molar-refractivity contribution < 1.29 is 31.8 Å². The summed E-state index contributed by atoms with van der Waals surface area (Å²) in [5.74, 6) is -1.05. The number of amides is 1. The van der Waals surface area contributed by atoms with Crippen LogP contribution in [0.25, 0.3) is 11.0 Å². The van der Waals surface area contributed by atoms with E-state index in [1.165, 1.54) is 12.1 Å². The molecule has 1 atom stereocenters. The molecule has 0 spiro atoms. The first-order chi connectivity index (χ1) is 21.9. The van der Waals surface area contributed by atoms with Crippen molar-refractivity contribution in [1.29, 1.82) is 0 Å². The standard InChI is InChI=1S/C30H28ClF4N7O3S/c31-19-3-1-18(22(32)11-19)15-45-28-21(30(33,34)35)9-16-5-7-41(13-24(16)38-28)14-26-37-23-10-17(27(43)39-40-29(36)46)2-4-25(23)42(26)12-20-6-8-44-20/h1-4,9-11,20H,5-8,12-15H2,(H,39,43)(H3,36,40,46). The van der Waals surface area contributed by atoms with Crippen LogP contribution in [-0.2, 0) is 43.6 Å². The maximum atomic E-state index is 14.3. The van der Waals surface area contributed by atoms with Gasteiger partial charge in [-0.1, -0.05) is 17.7 Å². The van der Waals surface area contributed by atoms with Gasteiger partial charge in [0.05, 0.1) is 35.9 Å². The van der Waals surface area contributed by atoms with Crippen LogP contribution in [0, 0.1) is 5.82 Å². The zero-order chi connectivity index (χ0) is 32.6. The summed E-state index contributed by atoms with van der Waals surface area (Å²) >= 11 is 10.5. The van der Waals surface area contributed by atoms with Crippen molar-refractivity contribution in [2.45, 2.75) is 51.4 Å². The van der Waals surface area contributed by atoms with Crippen LogP contribution in [-0.4, -0.2) is 49.7 Å². The normalized spacial score (nSPS) is 16.5. The number of pyridine rings is 1. The molecule has 2 aromatic carbocycles. The van der Waals surface area contributed by atoms with E-state index in [1.54, 1.807) is 18.2 Å². The number of imidazole rings is 1. The monoisotopic (exact) mass is 677 g/mol. The molecule has 1 amide bonds. The molecule has 1 saturated heterocycles. The maximum Gasteiger partial charge on any atom is 0.421 e. The second-order valence-electron chi connectivity index (χ2n) is 11.0. The number of carbonyl (C=O) groups excluding carboxylic acids is 1. The number of halogens is 5. The Morgan fingerprint density at radius 1 is 1.17 bits per heavy atom. The summed E-state index contributed by atoms with van der Waals surface area (Å²) in [6.45, 7) is 1.84. The molecule has 16 heteroatoms. The van der Waals surface area contributed by atoms with Crippen molar-refractivity contribution in [3.05, 3.63) is 87.1 Å². The third-order valence-electron chi connectivity index (χ3n) is 7.85. The second-order valence-corrected chi connectivity index (χ2v) is 11.9. The van der Waals surface area contributed by atoms with E-state index in [4.69, 9.17) is 44.0 Å². The lowest BCUT2D eigenvalue weighted by atomic mass is 10.0. The molecule has 4 aromatic rings. The minimum atomic E-state index is -4.72. The highest BCUT2D eigenvalue weighted by molar-refractivity contribution is 7.80. The number of hydrogen-bond acceptors (Lipinski definition) is 7. The molecule has 4 heterocycles. The minimum absolute atomic E-state index is 0.0172. The molecule has 242 valence electrons. The number of thiocarbonyl (C=S) groups is 1. The number of fused-ring (bicyclic) bond motifs is 2. The van der Waals surface area contributed by atoms with E-state index < -0.39 is 36.0 Å². The lowest BCUT2D eigenvalue weighted by molar-refractivity contribution is -0.139. The van der Waals surface area contributed by atoms with Crippen LogP contribution in [0.5, 0.6) is 5.88 Å². The van der Waals surface area contributed by atoms with Gasteiger partial charge in [0.2, 0.25) is 5.88 Å². The quantitative estimate of drug-likeness (QED) is 0.139. The van der Waals surface area contributed by atoms with E-state index in [0.29, 0.717) is 60.8 Å². The van der Waals surface area contributed by atoms with Gasteiger partial charge in [-0.3, -0.25) is 20.5 Å². The number of nitrogens with zero attached hydrogens (tertiary/aromatic N) is 4. The Balaban J connectivity index is 1.25. The van der Waals surface area contributed by atoms with Gasteiger partial charge in [-0.25, -0.2) is 14.4 Å². The Labute approximate surface area is 270 Å². The van der Waals surface area contributed by atoms with E-state index in [9.17, 15) is 22.4 Å². The maximum absolute atomic E-state index is 14.3. The Morgan fingerprint density at radius 2 is 1.98 bits per heavy atom. The Hall–Kier alpha value is -4.05. The fourth-order valence-electron chi connectivity index (χ4n) is 5.40. The molecule has 2 aliphatic rings. The Kier molecular flexibility index (Phi) is 9.01. The Bertz CT molecular complexity index is 1820. The highest BCUT2D eigenvalue weighted by atomic mass is 35.5. The topological polar surface area (TPSA) is 120 Å². The molecule has 10 nitrogen and oxygen atoms in total. The van der Waals surface area contributed by atoms with Crippen molar-refractivity contribution >= 4 is 45.9 Å². The summed E-state index contributed by atoms with van der Waals surface area (Å²) in [5.41, 5.74) is 11.9. The molecule has 2 aliphatic heterocycles. The summed E-state index contributed by atoms with van der Waals surface area (Å²) in [5, 5.41) is 0.0803. The predicted octanol–water partition coefficient (Wildman–Crippen LogP) is 4.65. The first kappa shape index (κ1) is 31.9. The van der Waals surface area contributed by atoms with Crippen molar-refractivity contribution in [3.8, 4) is 5.88 Å². The van der Waals surface area contributed by atoms with Gasteiger partial charge in [0.25, 0.3) is 5.91 Å².